The van der Waals surface area contributed by atoms with Gasteiger partial charge >= 0.3 is 0 Å². The summed E-state index contributed by atoms with van der Waals surface area (Å²) < 4.78 is 2.32. The maximum absolute atomic E-state index is 13.5. The second-order valence-corrected chi connectivity index (χ2v) is 11.5. The Hall–Kier alpha value is -2.15. The van der Waals surface area contributed by atoms with Crippen LogP contribution in [-0.4, -0.2) is 64.4 Å². The highest BCUT2D eigenvalue weighted by Crippen LogP contribution is 2.37. The van der Waals surface area contributed by atoms with Crippen LogP contribution in [0.5, 0.6) is 0 Å². The normalized spacial score (nSPS) is 18.8. The highest BCUT2D eigenvalue weighted by Gasteiger charge is 2.34. The van der Waals surface area contributed by atoms with Gasteiger partial charge in [-0.3, -0.25) is 19.1 Å². The lowest BCUT2D eigenvalue weighted by molar-refractivity contribution is -0.122. The van der Waals surface area contributed by atoms with E-state index in [1.807, 2.05) is 19.9 Å². The number of thioether (sulfide) groups is 1. The maximum atomic E-state index is 13.5. The number of hydrogen-bond acceptors (Lipinski definition) is 7. The molecule has 0 N–H and O–H groups in total. The molecule has 36 heavy (non-hydrogen) atoms. The van der Waals surface area contributed by atoms with Crippen molar-refractivity contribution < 1.29 is 4.79 Å². The summed E-state index contributed by atoms with van der Waals surface area (Å²) in [7, 11) is 2.09. The number of carbonyl (C=O) groups excluding carboxylic acids is 1. The third-order valence-electron chi connectivity index (χ3n) is 7.23. The maximum Gasteiger partial charge on any atom is 0.270 e. The third kappa shape index (κ3) is 6.04. The second kappa shape index (κ2) is 12.9. The van der Waals surface area contributed by atoms with Gasteiger partial charge in [0.15, 0.2) is 0 Å². The van der Waals surface area contributed by atoms with Crippen LogP contribution in [0.3, 0.4) is 0 Å². The molecule has 2 aliphatic heterocycles. The predicted octanol–water partition coefficient (Wildman–Crippen LogP) is 4.61. The minimum Gasteiger partial charge on any atom is -0.355 e. The zero-order valence-corrected chi connectivity index (χ0v) is 23.9. The van der Waals surface area contributed by atoms with Crippen molar-refractivity contribution in [2.75, 3.05) is 44.7 Å². The standard InChI is InChI=1S/C27H39N5O2S2/c1-6-9-10-20(8-3)18-32-26(34)23(36-27(32)35)16-21-19(4)22(17-28)25(33)31(11-7-2)24(21)30-14-12-29(5)13-15-30/h16,20H,6-15,18H2,1-5H3/b23-16-. The number of rotatable bonds is 10. The molecular weight excluding hydrogens is 490 g/mol. The van der Waals surface area contributed by atoms with Crippen LogP contribution < -0.4 is 10.5 Å². The number of hydrogen-bond donors (Lipinski definition) is 0. The van der Waals surface area contributed by atoms with Crippen LogP contribution in [0.25, 0.3) is 6.08 Å². The average molecular weight is 530 g/mol. The van der Waals surface area contributed by atoms with Gasteiger partial charge in [0, 0.05) is 44.8 Å². The zero-order chi connectivity index (χ0) is 26.4. The fourth-order valence-corrected chi connectivity index (χ4v) is 6.15. The number of anilines is 1. The molecule has 1 aromatic heterocycles. The van der Waals surface area contributed by atoms with E-state index < -0.39 is 0 Å². The average Bonchev–Trinajstić information content (AvgIpc) is 3.12. The fraction of sp³-hybridized carbons (Fsp3) is 0.630. The minimum atomic E-state index is -0.253. The molecule has 1 amide bonds. The largest absolute Gasteiger partial charge is 0.355 e. The molecule has 1 unspecified atom stereocenters. The molecule has 9 heteroatoms. The van der Waals surface area contributed by atoms with E-state index in [9.17, 15) is 14.9 Å². The van der Waals surface area contributed by atoms with E-state index in [1.54, 1.807) is 9.47 Å². The molecular formula is C27H39N5O2S2. The van der Waals surface area contributed by atoms with Gasteiger partial charge in [0.25, 0.3) is 11.5 Å². The molecule has 7 nitrogen and oxygen atoms in total. The van der Waals surface area contributed by atoms with Crippen LogP contribution in [0.4, 0.5) is 5.82 Å². The van der Waals surface area contributed by atoms with Crippen molar-refractivity contribution in [2.24, 2.45) is 5.92 Å². The van der Waals surface area contributed by atoms with Gasteiger partial charge in [-0.2, -0.15) is 5.26 Å². The Kier molecular flexibility index (Phi) is 10.2. The Morgan fingerprint density at radius 2 is 1.83 bits per heavy atom. The highest BCUT2D eigenvalue weighted by molar-refractivity contribution is 8.26. The quantitative estimate of drug-likeness (QED) is 0.324. The van der Waals surface area contributed by atoms with Gasteiger partial charge in [0.2, 0.25) is 0 Å². The van der Waals surface area contributed by atoms with Gasteiger partial charge in [0.1, 0.15) is 21.8 Å². The Labute approximate surface area is 225 Å². The van der Waals surface area contributed by atoms with Crippen LogP contribution in [-0.2, 0) is 11.3 Å². The number of nitrogens with zero attached hydrogens (tertiary/aromatic N) is 5. The molecule has 2 saturated heterocycles. The number of aromatic nitrogens is 1. The van der Waals surface area contributed by atoms with Crippen molar-refractivity contribution >= 4 is 46.1 Å². The Balaban J connectivity index is 2.08. The number of piperazine rings is 1. The van der Waals surface area contributed by atoms with Gasteiger partial charge in [0.05, 0.1) is 4.91 Å². The monoisotopic (exact) mass is 529 g/mol. The molecule has 0 aromatic carbocycles. The molecule has 196 valence electrons. The Bertz CT molecular complexity index is 1110. The second-order valence-electron chi connectivity index (χ2n) is 9.81. The van der Waals surface area contributed by atoms with Gasteiger partial charge in [-0.05, 0) is 44.4 Å². The van der Waals surface area contributed by atoms with Crippen LogP contribution in [0, 0.1) is 24.2 Å². The topological polar surface area (TPSA) is 72.6 Å². The number of nitriles is 1. The first kappa shape index (κ1) is 28.4. The SMILES string of the molecule is CCCCC(CC)CN1C(=O)/C(=C/c2c(C)c(C#N)c(=O)n(CCC)c2N2CCN(C)CC2)SC1=S. The number of amides is 1. The van der Waals surface area contributed by atoms with Gasteiger partial charge in [-0.25, -0.2) is 0 Å². The van der Waals surface area contributed by atoms with Crippen molar-refractivity contribution in [1.82, 2.24) is 14.4 Å². The van der Waals surface area contributed by atoms with Crippen molar-refractivity contribution in [1.29, 1.82) is 5.26 Å². The first-order valence-corrected chi connectivity index (χ1v) is 14.4. The van der Waals surface area contributed by atoms with Crippen LogP contribution >= 0.6 is 24.0 Å². The van der Waals surface area contributed by atoms with Crippen LogP contribution in [0.1, 0.15) is 69.6 Å². The summed E-state index contributed by atoms with van der Waals surface area (Å²) in [6.07, 6.45) is 7.03. The van der Waals surface area contributed by atoms with E-state index in [-0.39, 0.29) is 17.0 Å². The number of carbonyl (C=O) groups is 1. The first-order chi connectivity index (χ1) is 17.3. The van der Waals surface area contributed by atoms with Crippen molar-refractivity contribution in [3.63, 3.8) is 0 Å². The summed E-state index contributed by atoms with van der Waals surface area (Å²) in [5, 5.41) is 9.84. The molecule has 3 heterocycles. The third-order valence-corrected chi connectivity index (χ3v) is 8.61. The van der Waals surface area contributed by atoms with E-state index in [0.29, 0.717) is 33.8 Å². The molecule has 2 fully saturated rings. The lowest BCUT2D eigenvalue weighted by atomic mass is 9.99. The molecule has 1 aromatic rings. The number of unbranched alkanes of at least 4 members (excludes halogenated alkanes) is 1. The zero-order valence-electron chi connectivity index (χ0n) is 22.3. The summed E-state index contributed by atoms with van der Waals surface area (Å²) in [6, 6.07) is 2.13. The molecule has 0 saturated carbocycles. The number of pyridine rings is 1. The highest BCUT2D eigenvalue weighted by atomic mass is 32.2. The van der Waals surface area contributed by atoms with E-state index in [2.05, 4.69) is 36.8 Å². The van der Waals surface area contributed by atoms with E-state index in [1.165, 1.54) is 11.8 Å². The summed E-state index contributed by atoms with van der Waals surface area (Å²) in [4.78, 5) is 33.6. The minimum absolute atomic E-state index is 0.0737. The van der Waals surface area contributed by atoms with Gasteiger partial charge in [-0.1, -0.05) is 64.0 Å². The van der Waals surface area contributed by atoms with Crippen LogP contribution in [0.15, 0.2) is 9.70 Å². The Morgan fingerprint density at radius 3 is 2.42 bits per heavy atom. The molecule has 2 aliphatic rings. The Morgan fingerprint density at radius 1 is 1.14 bits per heavy atom. The van der Waals surface area contributed by atoms with Crippen molar-refractivity contribution in [3.05, 3.63) is 31.9 Å². The first-order valence-electron chi connectivity index (χ1n) is 13.1. The van der Waals surface area contributed by atoms with Crippen LogP contribution in [0.2, 0.25) is 0 Å². The number of thiocarbonyl (C=S) groups is 1. The smallest absolute Gasteiger partial charge is 0.270 e. The van der Waals surface area contributed by atoms with E-state index in [0.717, 1.165) is 69.7 Å². The molecule has 0 bridgehead atoms. The van der Waals surface area contributed by atoms with E-state index in [4.69, 9.17) is 12.2 Å². The molecule has 0 spiro atoms. The molecule has 0 radical (unpaired) electrons. The van der Waals surface area contributed by atoms with Crippen molar-refractivity contribution in [3.8, 4) is 6.07 Å². The van der Waals surface area contributed by atoms with Gasteiger partial charge in [-0.15, -0.1) is 0 Å². The molecule has 0 aliphatic carbocycles. The lowest BCUT2D eigenvalue weighted by Crippen LogP contribution is -2.47. The van der Waals surface area contributed by atoms with Crippen molar-refractivity contribution in [2.45, 2.75) is 66.3 Å². The van der Waals surface area contributed by atoms with E-state index >= 15 is 0 Å². The summed E-state index contributed by atoms with van der Waals surface area (Å²) in [5.74, 6) is 1.16. The fourth-order valence-electron chi connectivity index (χ4n) is 4.90. The molecule has 3 rings (SSSR count). The molecule has 1 atom stereocenters. The summed E-state index contributed by atoms with van der Waals surface area (Å²) in [6.45, 7) is 12.7. The predicted molar refractivity (Wildman–Crippen MR) is 153 cm³/mol. The van der Waals surface area contributed by atoms with Gasteiger partial charge < -0.3 is 9.80 Å². The lowest BCUT2D eigenvalue weighted by Gasteiger charge is -2.36. The summed E-state index contributed by atoms with van der Waals surface area (Å²) >= 11 is 6.96. The number of likely N-dealkylation sites (N-methyl/N-ethyl adjacent to an activating group) is 1. The summed E-state index contributed by atoms with van der Waals surface area (Å²) in [5.41, 5.74) is 1.30.